The van der Waals surface area contributed by atoms with Crippen molar-refractivity contribution in [1.82, 2.24) is 19.7 Å². The number of carbonyl (C=O) groups excluding carboxylic acids is 1. The van der Waals surface area contributed by atoms with Gasteiger partial charge in [-0.15, -0.1) is 21.5 Å². The van der Waals surface area contributed by atoms with Crippen LogP contribution in [0.3, 0.4) is 0 Å². The first kappa shape index (κ1) is 20.5. The van der Waals surface area contributed by atoms with E-state index in [1.165, 1.54) is 28.7 Å². The lowest BCUT2D eigenvalue weighted by molar-refractivity contribution is -0.113. The Labute approximate surface area is 173 Å². The van der Waals surface area contributed by atoms with E-state index in [4.69, 9.17) is 0 Å². The van der Waals surface area contributed by atoms with Gasteiger partial charge in [0.2, 0.25) is 5.91 Å². The number of aromatic nitrogens is 4. The van der Waals surface area contributed by atoms with Crippen LogP contribution in [0.2, 0.25) is 0 Å². The Kier molecular flexibility index (Phi) is 6.85. The highest BCUT2D eigenvalue weighted by Gasteiger charge is 2.14. The first-order chi connectivity index (χ1) is 13.5. The predicted octanol–water partition coefficient (Wildman–Crippen LogP) is 4.75. The summed E-state index contributed by atoms with van der Waals surface area (Å²) in [6.07, 6.45) is 2.22. The molecule has 0 spiro atoms. The van der Waals surface area contributed by atoms with Crippen molar-refractivity contribution in [1.29, 1.82) is 0 Å². The maximum Gasteiger partial charge on any atom is 0.236 e. The first-order valence-electron chi connectivity index (χ1n) is 9.34. The molecule has 2 heterocycles. The van der Waals surface area contributed by atoms with Gasteiger partial charge in [0, 0.05) is 23.9 Å². The molecule has 0 saturated heterocycles. The second-order valence-electron chi connectivity index (χ2n) is 6.88. The van der Waals surface area contributed by atoms with Crippen LogP contribution in [-0.4, -0.2) is 31.4 Å². The molecule has 3 rings (SSSR count). The van der Waals surface area contributed by atoms with Crippen molar-refractivity contribution in [2.24, 2.45) is 7.05 Å². The average Bonchev–Trinajstić information content (AvgIpc) is 3.28. The zero-order valence-corrected chi connectivity index (χ0v) is 18.2. The van der Waals surface area contributed by atoms with E-state index in [1.54, 1.807) is 0 Å². The minimum absolute atomic E-state index is 0.0988. The number of benzene rings is 1. The smallest absolute Gasteiger partial charge is 0.236 e. The second kappa shape index (κ2) is 9.34. The van der Waals surface area contributed by atoms with E-state index >= 15 is 0 Å². The van der Waals surface area contributed by atoms with Crippen LogP contribution in [-0.2, 0) is 18.3 Å². The molecule has 0 bridgehead atoms. The van der Waals surface area contributed by atoms with E-state index in [0.29, 0.717) is 11.0 Å². The van der Waals surface area contributed by atoms with Gasteiger partial charge in [-0.3, -0.25) is 4.79 Å². The van der Waals surface area contributed by atoms with Gasteiger partial charge in [0.05, 0.1) is 11.4 Å². The molecule has 0 radical (unpaired) electrons. The van der Waals surface area contributed by atoms with Crippen molar-refractivity contribution in [3.05, 3.63) is 41.0 Å². The van der Waals surface area contributed by atoms with Crippen LogP contribution in [0.15, 0.2) is 34.8 Å². The number of rotatable bonds is 8. The van der Waals surface area contributed by atoms with Crippen LogP contribution in [0.4, 0.5) is 5.13 Å². The Bertz CT molecular complexity index is 930. The molecular formula is C20H25N5OS2. The molecule has 6 nitrogen and oxygen atoms in total. The number of thioether (sulfide) groups is 1. The minimum atomic E-state index is -0.0988. The molecule has 0 aliphatic rings. The van der Waals surface area contributed by atoms with Gasteiger partial charge in [-0.1, -0.05) is 63.2 Å². The van der Waals surface area contributed by atoms with Gasteiger partial charge in [0.25, 0.3) is 0 Å². The number of hydrogen-bond acceptors (Lipinski definition) is 6. The van der Waals surface area contributed by atoms with Gasteiger partial charge in [-0.05, 0) is 12.0 Å². The number of hydrogen-bond donors (Lipinski definition) is 1. The van der Waals surface area contributed by atoms with E-state index in [9.17, 15) is 4.79 Å². The largest absolute Gasteiger partial charge is 0.309 e. The second-order valence-corrected chi connectivity index (χ2v) is 8.68. The highest BCUT2D eigenvalue weighted by molar-refractivity contribution is 7.99. The summed E-state index contributed by atoms with van der Waals surface area (Å²) in [7, 11) is 1.93. The SMILES string of the molecule is CCCc1ccc(-c2csc(NC(=O)CSc3nnc(C(C)C)n3C)n2)cc1. The molecule has 1 aromatic carbocycles. The summed E-state index contributed by atoms with van der Waals surface area (Å²) in [6.45, 7) is 6.32. The fraction of sp³-hybridized carbons (Fsp3) is 0.400. The van der Waals surface area contributed by atoms with Crippen LogP contribution in [0, 0.1) is 0 Å². The van der Waals surface area contributed by atoms with E-state index in [0.717, 1.165) is 35.1 Å². The van der Waals surface area contributed by atoms with Crippen molar-refractivity contribution >= 4 is 34.1 Å². The molecule has 1 amide bonds. The van der Waals surface area contributed by atoms with Gasteiger partial charge in [-0.25, -0.2) is 4.98 Å². The van der Waals surface area contributed by atoms with Crippen molar-refractivity contribution in [2.75, 3.05) is 11.1 Å². The Balaban J connectivity index is 1.56. The summed E-state index contributed by atoms with van der Waals surface area (Å²) in [5.41, 5.74) is 3.27. The van der Waals surface area contributed by atoms with Crippen LogP contribution in [0.5, 0.6) is 0 Å². The lowest BCUT2D eigenvalue weighted by atomic mass is 10.1. The maximum atomic E-state index is 12.3. The normalized spacial score (nSPS) is 11.2. The molecule has 0 unspecified atom stereocenters. The summed E-state index contributed by atoms with van der Waals surface area (Å²) in [4.78, 5) is 16.8. The van der Waals surface area contributed by atoms with E-state index in [2.05, 4.69) is 65.5 Å². The summed E-state index contributed by atoms with van der Waals surface area (Å²) in [5, 5.41) is 14.5. The van der Waals surface area contributed by atoms with E-state index in [1.807, 2.05) is 17.0 Å². The van der Waals surface area contributed by atoms with Crippen LogP contribution >= 0.6 is 23.1 Å². The topological polar surface area (TPSA) is 72.7 Å². The van der Waals surface area contributed by atoms with E-state index in [-0.39, 0.29) is 11.7 Å². The van der Waals surface area contributed by atoms with Crippen molar-refractivity contribution in [2.45, 2.75) is 44.7 Å². The van der Waals surface area contributed by atoms with Crippen LogP contribution in [0.1, 0.15) is 44.5 Å². The fourth-order valence-corrected chi connectivity index (χ4v) is 4.29. The molecule has 3 aromatic rings. The minimum Gasteiger partial charge on any atom is -0.309 e. The average molecular weight is 416 g/mol. The van der Waals surface area contributed by atoms with Crippen LogP contribution in [0.25, 0.3) is 11.3 Å². The number of amides is 1. The van der Waals surface area contributed by atoms with Crippen molar-refractivity contribution in [3.63, 3.8) is 0 Å². The molecule has 0 aliphatic heterocycles. The molecule has 28 heavy (non-hydrogen) atoms. The van der Waals surface area contributed by atoms with Gasteiger partial charge in [0.1, 0.15) is 5.82 Å². The molecule has 0 fully saturated rings. The zero-order chi connectivity index (χ0) is 20.1. The molecule has 2 aromatic heterocycles. The Hall–Kier alpha value is -2.19. The monoisotopic (exact) mass is 415 g/mol. The highest BCUT2D eigenvalue weighted by atomic mass is 32.2. The molecule has 0 saturated carbocycles. The summed E-state index contributed by atoms with van der Waals surface area (Å²) < 4.78 is 1.94. The quantitative estimate of drug-likeness (QED) is 0.538. The number of thiazole rings is 1. The third-order valence-corrected chi connectivity index (χ3v) is 6.03. The standard InChI is InChI=1S/C20H25N5OS2/c1-5-6-14-7-9-15(10-8-14)16-11-27-19(21-16)22-17(26)12-28-20-24-23-18(13(2)3)25(20)4/h7-11,13H,5-6,12H2,1-4H3,(H,21,22,26). The Morgan fingerprint density at radius 2 is 2.00 bits per heavy atom. The highest BCUT2D eigenvalue weighted by Crippen LogP contribution is 2.26. The van der Waals surface area contributed by atoms with Gasteiger partial charge in [0.15, 0.2) is 10.3 Å². The summed E-state index contributed by atoms with van der Waals surface area (Å²) in [5.74, 6) is 1.38. The lowest BCUT2D eigenvalue weighted by Crippen LogP contribution is -2.14. The molecule has 8 heteroatoms. The van der Waals surface area contributed by atoms with Gasteiger partial charge < -0.3 is 9.88 Å². The van der Waals surface area contributed by atoms with Crippen molar-refractivity contribution in [3.8, 4) is 11.3 Å². The molecular weight excluding hydrogens is 390 g/mol. The van der Waals surface area contributed by atoms with Gasteiger partial charge >= 0.3 is 0 Å². The Morgan fingerprint density at radius 3 is 2.64 bits per heavy atom. The zero-order valence-electron chi connectivity index (χ0n) is 16.6. The van der Waals surface area contributed by atoms with Crippen molar-refractivity contribution < 1.29 is 4.79 Å². The Morgan fingerprint density at radius 1 is 1.25 bits per heavy atom. The molecule has 0 atom stereocenters. The predicted molar refractivity (Wildman–Crippen MR) is 116 cm³/mol. The summed E-state index contributed by atoms with van der Waals surface area (Å²) in [6, 6.07) is 8.45. The first-order valence-corrected chi connectivity index (χ1v) is 11.2. The van der Waals surface area contributed by atoms with Crippen LogP contribution < -0.4 is 5.32 Å². The number of nitrogens with zero attached hydrogens (tertiary/aromatic N) is 4. The molecule has 0 aliphatic carbocycles. The lowest BCUT2D eigenvalue weighted by Gasteiger charge is -2.05. The van der Waals surface area contributed by atoms with Gasteiger partial charge in [-0.2, -0.15) is 0 Å². The number of nitrogens with one attached hydrogen (secondary N) is 1. The van der Waals surface area contributed by atoms with E-state index < -0.39 is 0 Å². The number of carbonyl (C=O) groups is 1. The number of aryl methyl sites for hydroxylation is 1. The number of anilines is 1. The third-order valence-electron chi connectivity index (χ3n) is 4.26. The molecule has 1 N–H and O–H groups in total. The summed E-state index contributed by atoms with van der Waals surface area (Å²) >= 11 is 2.81. The molecule has 148 valence electrons. The fourth-order valence-electron chi connectivity index (χ4n) is 2.83. The third kappa shape index (κ3) is 4.99. The maximum absolute atomic E-state index is 12.3.